The Kier molecular flexibility index (Phi) is 6.99. The van der Waals surface area contributed by atoms with Crippen LogP contribution in [0.1, 0.15) is 25.7 Å². The summed E-state index contributed by atoms with van der Waals surface area (Å²) in [5.74, 6) is -1.18. The lowest BCUT2D eigenvalue weighted by molar-refractivity contribution is -0.159. The van der Waals surface area contributed by atoms with E-state index in [9.17, 15) is 8.42 Å². The molecule has 1 heterocycles. The number of carboxylic acid groups (broad SMARTS) is 2. The van der Waals surface area contributed by atoms with Crippen molar-refractivity contribution in [3.63, 3.8) is 0 Å². The van der Waals surface area contributed by atoms with Gasteiger partial charge in [0.25, 0.3) is 0 Å². The molecule has 0 aromatic heterocycles. The number of ether oxygens (including phenoxy) is 1. The molecule has 0 amide bonds. The molecule has 10 heteroatoms. The van der Waals surface area contributed by atoms with Crippen LogP contribution in [0.5, 0.6) is 5.75 Å². The van der Waals surface area contributed by atoms with E-state index < -0.39 is 22.0 Å². The quantitative estimate of drug-likeness (QED) is 0.672. The van der Waals surface area contributed by atoms with Gasteiger partial charge in [-0.05, 0) is 55.4 Å². The maximum Gasteiger partial charge on any atom is 0.414 e. The molecule has 3 aliphatic rings. The van der Waals surface area contributed by atoms with Crippen LogP contribution in [0.15, 0.2) is 29.2 Å². The first-order valence-electron chi connectivity index (χ1n) is 10.1. The SMILES string of the molecule is COc1ccc(S(=O)(=O)N2CCN(C3CC4CCC3C4)CC2)cc1.O=C(O)C(=O)O. The number of fused-ring (bicyclic) bond motifs is 2. The molecular formula is C20H28N2O7S. The molecule has 1 aromatic carbocycles. The first-order chi connectivity index (χ1) is 14.2. The fraction of sp³-hybridized carbons (Fsp3) is 0.600. The molecule has 2 saturated carbocycles. The van der Waals surface area contributed by atoms with Crippen LogP contribution in [0.3, 0.4) is 0 Å². The van der Waals surface area contributed by atoms with Crippen molar-refractivity contribution in [2.45, 2.75) is 36.6 Å². The van der Waals surface area contributed by atoms with E-state index in [1.165, 1.54) is 25.7 Å². The highest BCUT2D eigenvalue weighted by atomic mass is 32.2. The predicted octanol–water partition coefficient (Wildman–Crippen LogP) is 1.35. The third kappa shape index (κ3) is 4.93. The Hall–Kier alpha value is -2.17. The van der Waals surface area contributed by atoms with E-state index in [-0.39, 0.29) is 0 Å². The van der Waals surface area contributed by atoms with Gasteiger partial charge in [-0.25, -0.2) is 18.0 Å². The smallest absolute Gasteiger partial charge is 0.414 e. The Balaban J connectivity index is 0.000000377. The van der Waals surface area contributed by atoms with E-state index in [0.717, 1.165) is 24.9 Å². The second-order valence-corrected chi connectivity index (χ2v) is 9.91. The maximum absolute atomic E-state index is 12.8. The molecule has 9 nitrogen and oxygen atoms in total. The Morgan fingerprint density at radius 1 is 0.967 bits per heavy atom. The van der Waals surface area contributed by atoms with Gasteiger partial charge in [0.2, 0.25) is 10.0 Å². The summed E-state index contributed by atoms with van der Waals surface area (Å²) < 4.78 is 32.4. The van der Waals surface area contributed by atoms with Crippen molar-refractivity contribution in [1.29, 1.82) is 0 Å². The largest absolute Gasteiger partial charge is 0.497 e. The van der Waals surface area contributed by atoms with Crippen molar-refractivity contribution in [3.8, 4) is 5.75 Å². The van der Waals surface area contributed by atoms with Crippen molar-refractivity contribution < 1.29 is 33.0 Å². The molecule has 3 atom stereocenters. The first kappa shape index (κ1) is 22.5. The van der Waals surface area contributed by atoms with Crippen LogP contribution in [0, 0.1) is 11.8 Å². The predicted molar refractivity (Wildman–Crippen MR) is 108 cm³/mol. The minimum absolute atomic E-state index is 0.358. The van der Waals surface area contributed by atoms with Crippen LogP contribution < -0.4 is 4.74 Å². The zero-order valence-corrected chi connectivity index (χ0v) is 17.8. The molecule has 166 valence electrons. The van der Waals surface area contributed by atoms with Crippen LogP contribution in [0.2, 0.25) is 0 Å². The number of carbonyl (C=O) groups is 2. The lowest BCUT2D eigenvalue weighted by atomic mass is 9.93. The summed E-state index contributed by atoms with van der Waals surface area (Å²) in [7, 11) is -1.81. The van der Waals surface area contributed by atoms with Crippen LogP contribution in [-0.2, 0) is 19.6 Å². The minimum Gasteiger partial charge on any atom is -0.497 e. The molecular weight excluding hydrogens is 412 g/mol. The second kappa shape index (κ2) is 9.32. The highest BCUT2D eigenvalue weighted by molar-refractivity contribution is 7.89. The van der Waals surface area contributed by atoms with Gasteiger partial charge in [0.15, 0.2) is 0 Å². The number of carboxylic acids is 2. The zero-order chi connectivity index (χ0) is 21.9. The molecule has 30 heavy (non-hydrogen) atoms. The minimum atomic E-state index is -3.39. The number of rotatable bonds is 4. The molecule has 2 aliphatic carbocycles. The van der Waals surface area contributed by atoms with Gasteiger partial charge < -0.3 is 14.9 Å². The van der Waals surface area contributed by atoms with Crippen LogP contribution in [-0.4, -0.2) is 79.1 Å². The Morgan fingerprint density at radius 2 is 1.57 bits per heavy atom. The van der Waals surface area contributed by atoms with Gasteiger partial charge >= 0.3 is 11.9 Å². The number of methoxy groups -OCH3 is 1. The summed E-state index contributed by atoms with van der Waals surface area (Å²) in [4.78, 5) is 21.1. The van der Waals surface area contributed by atoms with Crippen molar-refractivity contribution in [1.82, 2.24) is 9.21 Å². The number of aliphatic carboxylic acids is 2. The Bertz CT molecular complexity index is 852. The number of piperazine rings is 1. The molecule has 1 aromatic rings. The Labute approximate surface area is 176 Å². The lowest BCUT2D eigenvalue weighted by Gasteiger charge is -2.40. The van der Waals surface area contributed by atoms with E-state index in [1.807, 2.05) is 0 Å². The van der Waals surface area contributed by atoms with Gasteiger partial charge in [0.05, 0.1) is 12.0 Å². The van der Waals surface area contributed by atoms with Crippen molar-refractivity contribution in [2.24, 2.45) is 11.8 Å². The van der Waals surface area contributed by atoms with E-state index in [4.69, 9.17) is 24.5 Å². The van der Waals surface area contributed by atoms with Gasteiger partial charge in [0.1, 0.15) is 5.75 Å². The topological polar surface area (TPSA) is 124 Å². The van der Waals surface area contributed by atoms with Gasteiger partial charge in [-0.15, -0.1) is 0 Å². The fourth-order valence-corrected chi connectivity index (χ4v) is 6.25. The third-order valence-corrected chi connectivity index (χ3v) is 8.24. The molecule has 4 rings (SSSR count). The molecule has 2 N–H and O–H groups in total. The number of nitrogens with zero attached hydrogens (tertiary/aromatic N) is 2. The molecule has 3 unspecified atom stereocenters. The number of benzene rings is 1. The molecule has 2 bridgehead atoms. The summed E-state index contributed by atoms with van der Waals surface area (Å²) in [5.41, 5.74) is 0. The average molecular weight is 441 g/mol. The molecule has 0 radical (unpaired) electrons. The van der Waals surface area contributed by atoms with Crippen LogP contribution in [0.4, 0.5) is 0 Å². The molecule has 1 aliphatic heterocycles. The third-order valence-electron chi connectivity index (χ3n) is 6.32. The second-order valence-electron chi connectivity index (χ2n) is 7.97. The maximum atomic E-state index is 12.8. The molecule has 1 saturated heterocycles. The molecule has 0 spiro atoms. The van der Waals surface area contributed by atoms with E-state index in [0.29, 0.717) is 29.8 Å². The highest BCUT2D eigenvalue weighted by Gasteiger charge is 2.43. The standard InChI is InChI=1S/C18H26N2O3S.C2H2O4/c1-23-16-4-6-17(7-5-16)24(21,22)20-10-8-19(9-11-20)18-13-14-2-3-15(18)12-14;3-1(4)2(5)6/h4-7,14-15,18H,2-3,8-13H2,1H3;(H,3,4)(H,5,6). The van der Waals surface area contributed by atoms with E-state index >= 15 is 0 Å². The van der Waals surface area contributed by atoms with Gasteiger partial charge in [-0.2, -0.15) is 4.31 Å². The number of hydrogen-bond donors (Lipinski definition) is 2. The monoisotopic (exact) mass is 440 g/mol. The normalized spacial score (nSPS) is 26.6. The zero-order valence-electron chi connectivity index (χ0n) is 16.9. The van der Waals surface area contributed by atoms with Crippen LogP contribution >= 0.6 is 0 Å². The number of sulfonamides is 1. The summed E-state index contributed by atoms with van der Waals surface area (Å²) in [6.45, 7) is 2.93. The van der Waals surface area contributed by atoms with E-state index in [1.54, 1.807) is 35.7 Å². The van der Waals surface area contributed by atoms with E-state index in [2.05, 4.69) is 4.90 Å². The van der Waals surface area contributed by atoms with Crippen molar-refractivity contribution in [3.05, 3.63) is 24.3 Å². The van der Waals surface area contributed by atoms with Gasteiger partial charge in [-0.1, -0.05) is 6.42 Å². The van der Waals surface area contributed by atoms with Crippen molar-refractivity contribution in [2.75, 3.05) is 33.3 Å². The fourth-order valence-electron chi connectivity index (χ4n) is 4.83. The Morgan fingerprint density at radius 3 is 2.00 bits per heavy atom. The first-order valence-corrected chi connectivity index (χ1v) is 11.5. The molecule has 3 fully saturated rings. The lowest BCUT2D eigenvalue weighted by Crippen LogP contribution is -2.53. The van der Waals surface area contributed by atoms with Crippen LogP contribution in [0.25, 0.3) is 0 Å². The van der Waals surface area contributed by atoms with Gasteiger partial charge in [0, 0.05) is 32.2 Å². The summed E-state index contributed by atoms with van der Waals surface area (Å²) in [5, 5.41) is 14.8. The highest BCUT2D eigenvalue weighted by Crippen LogP contribution is 2.46. The summed E-state index contributed by atoms with van der Waals surface area (Å²) >= 11 is 0. The number of hydrogen-bond acceptors (Lipinski definition) is 6. The summed E-state index contributed by atoms with van der Waals surface area (Å²) in [6, 6.07) is 7.39. The van der Waals surface area contributed by atoms with Gasteiger partial charge in [-0.3, -0.25) is 4.90 Å². The van der Waals surface area contributed by atoms with Crippen molar-refractivity contribution >= 4 is 22.0 Å². The summed E-state index contributed by atoms with van der Waals surface area (Å²) in [6.07, 6.45) is 5.51. The average Bonchev–Trinajstić information content (AvgIpc) is 3.38.